The highest BCUT2D eigenvalue weighted by molar-refractivity contribution is 5.28. The van der Waals surface area contributed by atoms with Gasteiger partial charge in [0.25, 0.3) is 0 Å². The second-order valence-corrected chi connectivity index (χ2v) is 4.81. The van der Waals surface area contributed by atoms with Crippen molar-refractivity contribution >= 4 is 0 Å². The number of hydrogen-bond donors (Lipinski definition) is 1. The van der Waals surface area contributed by atoms with Gasteiger partial charge in [0.1, 0.15) is 0 Å². The summed E-state index contributed by atoms with van der Waals surface area (Å²) in [6.45, 7) is 7.74. The first-order valence-corrected chi connectivity index (χ1v) is 6.33. The molecular formula is C14H22N2O. The van der Waals surface area contributed by atoms with Crippen molar-refractivity contribution in [1.29, 1.82) is 0 Å². The summed E-state index contributed by atoms with van der Waals surface area (Å²) in [6, 6.07) is 8.93. The summed E-state index contributed by atoms with van der Waals surface area (Å²) in [5.74, 6) is 0. The number of benzene rings is 1. The molecular weight excluding hydrogens is 212 g/mol. The van der Waals surface area contributed by atoms with Crippen LogP contribution in [0.4, 0.5) is 0 Å². The van der Waals surface area contributed by atoms with E-state index in [4.69, 9.17) is 10.5 Å². The minimum atomic E-state index is 0.193. The first-order valence-electron chi connectivity index (χ1n) is 6.33. The van der Waals surface area contributed by atoms with Crippen molar-refractivity contribution in [1.82, 2.24) is 4.90 Å². The summed E-state index contributed by atoms with van der Waals surface area (Å²) in [7, 11) is 0. The number of morpholine rings is 1. The topological polar surface area (TPSA) is 38.5 Å². The maximum atomic E-state index is 5.95. The van der Waals surface area contributed by atoms with Crippen molar-refractivity contribution in [3.8, 4) is 0 Å². The molecule has 1 heterocycles. The molecule has 0 spiro atoms. The summed E-state index contributed by atoms with van der Waals surface area (Å²) < 4.78 is 5.95. The molecule has 1 saturated heterocycles. The van der Waals surface area contributed by atoms with Crippen molar-refractivity contribution in [3.63, 3.8) is 0 Å². The van der Waals surface area contributed by atoms with Crippen LogP contribution >= 0.6 is 0 Å². The lowest BCUT2D eigenvalue weighted by molar-refractivity contribution is -0.0590. The second kappa shape index (κ2) is 5.63. The van der Waals surface area contributed by atoms with E-state index < -0.39 is 0 Å². The van der Waals surface area contributed by atoms with Gasteiger partial charge in [0, 0.05) is 25.7 Å². The van der Waals surface area contributed by atoms with Gasteiger partial charge < -0.3 is 10.5 Å². The molecule has 0 aromatic heterocycles. The van der Waals surface area contributed by atoms with Crippen LogP contribution in [-0.4, -0.2) is 37.2 Å². The summed E-state index contributed by atoms with van der Waals surface area (Å²) >= 11 is 0. The Morgan fingerprint density at radius 2 is 2.18 bits per heavy atom. The first kappa shape index (κ1) is 12.6. The van der Waals surface area contributed by atoms with E-state index in [2.05, 4.69) is 43.0 Å². The highest BCUT2D eigenvalue weighted by Gasteiger charge is 2.27. The third kappa shape index (κ3) is 2.86. The van der Waals surface area contributed by atoms with Gasteiger partial charge in [0.2, 0.25) is 0 Å². The zero-order valence-electron chi connectivity index (χ0n) is 10.7. The minimum Gasteiger partial charge on any atom is -0.371 e. The van der Waals surface area contributed by atoms with E-state index in [0.717, 1.165) is 19.7 Å². The average Bonchev–Trinajstić information content (AvgIpc) is 2.33. The molecule has 3 heteroatoms. The van der Waals surface area contributed by atoms with Gasteiger partial charge in [-0.1, -0.05) is 24.3 Å². The van der Waals surface area contributed by atoms with Crippen molar-refractivity contribution in [2.75, 3.05) is 26.2 Å². The summed E-state index contributed by atoms with van der Waals surface area (Å²) in [6.07, 6.45) is 0.193. The Balaban J connectivity index is 2.10. The maximum absolute atomic E-state index is 5.95. The van der Waals surface area contributed by atoms with Crippen LogP contribution in [0.5, 0.6) is 0 Å². The first-order chi connectivity index (χ1) is 8.22. The number of nitrogens with zero attached hydrogens (tertiary/aromatic N) is 1. The molecule has 1 fully saturated rings. The zero-order chi connectivity index (χ0) is 12.3. The molecule has 1 aromatic rings. The number of nitrogens with two attached hydrogens (primary N) is 1. The molecule has 2 atom stereocenters. The Morgan fingerprint density at radius 1 is 1.41 bits per heavy atom. The monoisotopic (exact) mass is 234 g/mol. The predicted molar refractivity (Wildman–Crippen MR) is 70.0 cm³/mol. The van der Waals surface area contributed by atoms with Crippen LogP contribution in [0, 0.1) is 6.92 Å². The molecule has 17 heavy (non-hydrogen) atoms. The lowest BCUT2D eigenvalue weighted by Gasteiger charge is -2.38. The molecule has 1 aliphatic rings. The lowest BCUT2D eigenvalue weighted by atomic mass is 10.0. The molecule has 94 valence electrons. The maximum Gasteiger partial charge on any atom is 0.0955 e. The minimum absolute atomic E-state index is 0.193. The van der Waals surface area contributed by atoms with Gasteiger partial charge in [-0.3, -0.25) is 4.90 Å². The second-order valence-electron chi connectivity index (χ2n) is 4.81. The normalized spacial score (nSPS) is 26.1. The van der Waals surface area contributed by atoms with Crippen molar-refractivity contribution < 1.29 is 4.74 Å². The molecule has 0 aliphatic carbocycles. The Kier molecular flexibility index (Phi) is 4.15. The van der Waals surface area contributed by atoms with Crippen molar-refractivity contribution in [2.24, 2.45) is 5.73 Å². The molecule has 0 radical (unpaired) electrons. The third-order valence-corrected chi connectivity index (χ3v) is 3.51. The van der Waals surface area contributed by atoms with E-state index in [0.29, 0.717) is 12.6 Å². The van der Waals surface area contributed by atoms with E-state index in [1.165, 1.54) is 11.1 Å². The summed E-state index contributed by atoms with van der Waals surface area (Å²) in [5, 5.41) is 0. The third-order valence-electron chi connectivity index (χ3n) is 3.51. The number of ether oxygens (including phenoxy) is 1. The number of aryl methyl sites for hydroxylation is 1. The van der Waals surface area contributed by atoms with Crippen LogP contribution in [-0.2, 0) is 4.74 Å². The van der Waals surface area contributed by atoms with E-state index in [1.807, 2.05) is 0 Å². The van der Waals surface area contributed by atoms with Crippen LogP contribution in [0.1, 0.15) is 24.2 Å². The van der Waals surface area contributed by atoms with Gasteiger partial charge in [0.05, 0.1) is 12.7 Å². The van der Waals surface area contributed by atoms with Crippen molar-refractivity contribution in [2.45, 2.75) is 26.0 Å². The highest BCUT2D eigenvalue weighted by Crippen LogP contribution is 2.26. The van der Waals surface area contributed by atoms with Crippen LogP contribution < -0.4 is 5.73 Å². The zero-order valence-corrected chi connectivity index (χ0v) is 10.7. The van der Waals surface area contributed by atoms with E-state index >= 15 is 0 Å². The molecule has 2 unspecified atom stereocenters. The lowest BCUT2D eigenvalue weighted by Crippen LogP contribution is -2.47. The fourth-order valence-electron chi connectivity index (χ4n) is 2.42. The fourth-order valence-corrected chi connectivity index (χ4v) is 2.42. The molecule has 0 bridgehead atoms. The molecule has 0 saturated carbocycles. The number of hydrogen-bond acceptors (Lipinski definition) is 3. The smallest absolute Gasteiger partial charge is 0.0955 e. The van der Waals surface area contributed by atoms with Crippen LogP contribution in [0.2, 0.25) is 0 Å². The van der Waals surface area contributed by atoms with Gasteiger partial charge in [-0.2, -0.15) is 0 Å². The van der Waals surface area contributed by atoms with Gasteiger partial charge in [0.15, 0.2) is 0 Å². The Morgan fingerprint density at radius 3 is 2.88 bits per heavy atom. The molecule has 1 aromatic carbocycles. The fraction of sp³-hybridized carbons (Fsp3) is 0.571. The van der Waals surface area contributed by atoms with Crippen LogP contribution in [0.15, 0.2) is 24.3 Å². The molecule has 1 aliphatic heterocycles. The van der Waals surface area contributed by atoms with Gasteiger partial charge >= 0.3 is 0 Å². The quantitative estimate of drug-likeness (QED) is 0.865. The standard InChI is InChI=1S/C14H22N2O/c1-11-5-3-4-6-13(11)14-9-16(8-7-15)12(2)10-17-14/h3-6,12,14H,7-10,15H2,1-2H3. The largest absolute Gasteiger partial charge is 0.371 e. The Labute approximate surface area is 104 Å². The molecule has 0 amide bonds. The predicted octanol–water partition coefficient (Wildman–Crippen LogP) is 1.72. The Hall–Kier alpha value is -0.900. The van der Waals surface area contributed by atoms with Gasteiger partial charge in [-0.05, 0) is 25.0 Å². The van der Waals surface area contributed by atoms with Crippen LogP contribution in [0.25, 0.3) is 0 Å². The van der Waals surface area contributed by atoms with E-state index in [9.17, 15) is 0 Å². The molecule has 2 N–H and O–H groups in total. The Bertz CT molecular complexity index is 367. The highest BCUT2D eigenvalue weighted by atomic mass is 16.5. The van der Waals surface area contributed by atoms with E-state index in [1.54, 1.807) is 0 Å². The summed E-state index contributed by atoms with van der Waals surface area (Å²) in [4.78, 5) is 2.42. The molecule has 3 nitrogen and oxygen atoms in total. The molecule has 2 rings (SSSR count). The summed E-state index contributed by atoms with van der Waals surface area (Å²) in [5.41, 5.74) is 8.27. The SMILES string of the molecule is Cc1ccccc1C1CN(CCN)C(C)CO1. The van der Waals surface area contributed by atoms with E-state index in [-0.39, 0.29) is 6.10 Å². The van der Waals surface area contributed by atoms with Gasteiger partial charge in [-0.25, -0.2) is 0 Å². The van der Waals surface area contributed by atoms with Crippen molar-refractivity contribution in [3.05, 3.63) is 35.4 Å². The van der Waals surface area contributed by atoms with Gasteiger partial charge in [-0.15, -0.1) is 0 Å². The van der Waals surface area contributed by atoms with Crippen LogP contribution in [0.3, 0.4) is 0 Å². The average molecular weight is 234 g/mol. The number of rotatable bonds is 3.